The van der Waals surface area contributed by atoms with E-state index in [1.54, 1.807) is 37.4 Å². The van der Waals surface area contributed by atoms with E-state index in [2.05, 4.69) is 19.2 Å². The number of amides is 1. The number of esters is 1. The van der Waals surface area contributed by atoms with E-state index in [9.17, 15) is 14.9 Å². The lowest BCUT2D eigenvalue weighted by atomic mass is 10.1. The third-order valence-electron chi connectivity index (χ3n) is 3.66. The van der Waals surface area contributed by atoms with Crippen LogP contribution < -0.4 is 5.32 Å². The largest absolute Gasteiger partial charge is 0.462 e. The Morgan fingerprint density at radius 1 is 1.19 bits per heavy atom. The maximum Gasteiger partial charge on any atom is 0.340 e. The van der Waals surface area contributed by atoms with Gasteiger partial charge in [0, 0.05) is 19.3 Å². The van der Waals surface area contributed by atoms with Crippen LogP contribution in [0, 0.1) is 11.3 Å². The van der Waals surface area contributed by atoms with Crippen LogP contribution in [-0.4, -0.2) is 36.5 Å². The molecule has 26 heavy (non-hydrogen) atoms. The zero-order valence-corrected chi connectivity index (χ0v) is 15.7. The first-order valence-electron chi connectivity index (χ1n) is 9.00. The number of carbonyl (C=O) groups is 2. The summed E-state index contributed by atoms with van der Waals surface area (Å²) in [7, 11) is 0. The lowest BCUT2D eigenvalue weighted by molar-refractivity contribution is -0.112. The first kappa shape index (κ1) is 21.2. The van der Waals surface area contributed by atoms with Crippen molar-refractivity contribution in [1.29, 1.82) is 5.26 Å². The van der Waals surface area contributed by atoms with Crippen molar-refractivity contribution >= 4 is 17.6 Å². The molecule has 0 bridgehead atoms. The zero-order valence-electron chi connectivity index (χ0n) is 15.7. The molecule has 1 aromatic carbocycles. The van der Waals surface area contributed by atoms with Gasteiger partial charge in [-0.3, -0.25) is 4.79 Å². The first-order chi connectivity index (χ1) is 12.6. The highest BCUT2D eigenvalue weighted by Crippen LogP contribution is 2.17. The van der Waals surface area contributed by atoms with Gasteiger partial charge in [-0.25, -0.2) is 4.79 Å². The number of nitriles is 1. The molecule has 1 amide bonds. The minimum atomic E-state index is -0.540. The second-order valence-corrected chi connectivity index (χ2v) is 5.76. The molecule has 0 radical (unpaired) electrons. The molecule has 0 aliphatic heterocycles. The quantitative estimate of drug-likeness (QED) is 0.392. The van der Waals surface area contributed by atoms with Gasteiger partial charge in [-0.2, -0.15) is 5.26 Å². The highest BCUT2D eigenvalue weighted by Gasteiger charge is 2.17. The van der Waals surface area contributed by atoms with Crippen LogP contribution in [0.5, 0.6) is 0 Å². The maximum absolute atomic E-state index is 12.5. The normalized spacial score (nSPS) is 10.8. The van der Waals surface area contributed by atoms with Gasteiger partial charge in [0.15, 0.2) is 0 Å². The topological polar surface area (TPSA) is 82.4 Å². The number of hydrogen-bond donors (Lipinski definition) is 1. The monoisotopic (exact) mass is 357 g/mol. The van der Waals surface area contributed by atoms with Crippen LogP contribution in [0.4, 0.5) is 5.69 Å². The minimum Gasteiger partial charge on any atom is -0.462 e. The van der Waals surface area contributed by atoms with Crippen LogP contribution in [0.15, 0.2) is 36.0 Å². The molecule has 0 saturated heterocycles. The molecule has 0 saturated carbocycles. The molecule has 1 rings (SSSR count). The Bertz CT molecular complexity index is 677. The molecule has 0 fully saturated rings. The van der Waals surface area contributed by atoms with Gasteiger partial charge in [0.2, 0.25) is 0 Å². The third-order valence-corrected chi connectivity index (χ3v) is 3.66. The van der Waals surface area contributed by atoms with Crippen LogP contribution in [0.25, 0.3) is 0 Å². The van der Waals surface area contributed by atoms with Gasteiger partial charge in [-0.15, -0.1) is 0 Å². The van der Waals surface area contributed by atoms with E-state index in [-0.39, 0.29) is 17.7 Å². The summed E-state index contributed by atoms with van der Waals surface area (Å²) in [5.74, 6) is -1.05. The molecule has 1 N–H and O–H groups in total. The molecular weight excluding hydrogens is 330 g/mol. The Morgan fingerprint density at radius 3 is 2.54 bits per heavy atom. The predicted octanol–water partition coefficient (Wildman–Crippen LogP) is 3.72. The number of anilines is 1. The summed E-state index contributed by atoms with van der Waals surface area (Å²) in [5.41, 5.74) is 0.595. The fourth-order valence-corrected chi connectivity index (χ4v) is 2.38. The summed E-state index contributed by atoms with van der Waals surface area (Å²) >= 11 is 0. The second-order valence-electron chi connectivity index (χ2n) is 5.76. The molecule has 0 spiro atoms. The van der Waals surface area contributed by atoms with Crippen LogP contribution in [0.1, 0.15) is 50.4 Å². The number of para-hydroxylation sites is 1. The van der Waals surface area contributed by atoms with Crippen molar-refractivity contribution in [3.63, 3.8) is 0 Å². The minimum absolute atomic E-state index is 0.00761. The molecule has 0 atom stereocenters. The predicted molar refractivity (Wildman–Crippen MR) is 101 cm³/mol. The fraction of sp³-hybridized carbons (Fsp3) is 0.450. The lowest BCUT2D eigenvalue weighted by Gasteiger charge is -2.20. The number of unbranched alkanes of at least 4 members (excludes halogenated alkanes) is 1. The second kappa shape index (κ2) is 11.7. The SMILES string of the molecule is CCCCN(/C=C(/C#N)C(=O)Nc1ccccc1C(=O)OCC)CCC. The summed E-state index contributed by atoms with van der Waals surface area (Å²) in [5, 5.41) is 12.0. The molecule has 0 aromatic heterocycles. The smallest absolute Gasteiger partial charge is 0.340 e. The van der Waals surface area contributed by atoms with Crippen molar-refractivity contribution in [2.24, 2.45) is 0 Å². The molecule has 0 aliphatic rings. The standard InChI is InChI=1S/C20H27N3O3/c1-4-7-13-23(12-5-2)15-16(14-21)19(24)22-18-11-9-8-10-17(18)20(25)26-6-3/h8-11,15H,4-7,12-13H2,1-3H3,(H,22,24)/b16-15-. The maximum atomic E-state index is 12.5. The van der Waals surface area contributed by atoms with E-state index in [0.29, 0.717) is 5.69 Å². The average Bonchev–Trinajstić information content (AvgIpc) is 2.64. The summed E-state index contributed by atoms with van der Waals surface area (Å²) < 4.78 is 5.00. The molecule has 6 heteroatoms. The number of carbonyl (C=O) groups excluding carboxylic acids is 2. The fourth-order valence-electron chi connectivity index (χ4n) is 2.38. The zero-order chi connectivity index (χ0) is 19.4. The molecule has 0 aliphatic carbocycles. The summed E-state index contributed by atoms with van der Waals surface area (Å²) in [6, 6.07) is 8.54. The molecular formula is C20H27N3O3. The Hall–Kier alpha value is -2.81. The Kier molecular flexibility index (Phi) is 9.55. The Labute approximate surface area is 155 Å². The molecule has 0 unspecified atom stereocenters. The van der Waals surface area contributed by atoms with E-state index in [0.717, 1.165) is 32.4 Å². The van der Waals surface area contributed by atoms with Crippen LogP contribution in [0.3, 0.4) is 0 Å². The van der Waals surface area contributed by atoms with Crippen molar-refractivity contribution in [2.45, 2.75) is 40.0 Å². The summed E-state index contributed by atoms with van der Waals surface area (Å²) in [4.78, 5) is 26.5. The Balaban J connectivity index is 2.98. The number of nitrogens with one attached hydrogen (secondary N) is 1. The van der Waals surface area contributed by atoms with E-state index >= 15 is 0 Å². The first-order valence-corrected chi connectivity index (χ1v) is 9.00. The van der Waals surface area contributed by atoms with Gasteiger partial charge < -0.3 is 15.0 Å². The van der Waals surface area contributed by atoms with Gasteiger partial charge >= 0.3 is 5.97 Å². The summed E-state index contributed by atoms with van der Waals surface area (Å²) in [6.45, 7) is 7.68. The van der Waals surface area contributed by atoms with Crippen LogP contribution in [-0.2, 0) is 9.53 Å². The Morgan fingerprint density at radius 2 is 1.92 bits per heavy atom. The van der Waals surface area contributed by atoms with Crippen molar-refractivity contribution in [2.75, 3.05) is 25.0 Å². The lowest BCUT2D eigenvalue weighted by Crippen LogP contribution is -2.23. The van der Waals surface area contributed by atoms with Crippen molar-refractivity contribution in [1.82, 2.24) is 4.90 Å². The molecule has 6 nitrogen and oxygen atoms in total. The number of ether oxygens (including phenoxy) is 1. The number of nitrogens with zero attached hydrogens (tertiary/aromatic N) is 2. The molecule has 0 heterocycles. The van der Waals surface area contributed by atoms with E-state index in [1.807, 2.05) is 11.0 Å². The average molecular weight is 357 g/mol. The van der Waals surface area contributed by atoms with E-state index in [1.165, 1.54) is 0 Å². The van der Waals surface area contributed by atoms with Crippen LogP contribution >= 0.6 is 0 Å². The van der Waals surface area contributed by atoms with Gasteiger partial charge in [0.05, 0.1) is 17.9 Å². The van der Waals surface area contributed by atoms with Crippen LogP contribution in [0.2, 0.25) is 0 Å². The van der Waals surface area contributed by atoms with Gasteiger partial charge in [-0.05, 0) is 31.9 Å². The highest BCUT2D eigenvalue weighted by molar-refractivity contribution is 6.09. The van der Waals surface area contributed by atoms with Gasteiger partial charge in [0.25, 0.3) is 5.91 Å². The number of benzene rings is 1. The highest BCUT2D eigenvalue weighted by atomic mass is 16.5. The summed E-state index contributed by atoms with van der Waals surface area (Å²) in [6.07, 6.45) is 4.55. The number of rotatable bonds is 10. The van der Waals surface area contributed by atoms with Crippen molar-refractivity contribution in [3.05, 3.63) is 41.6 Å². The number of hydrogen-bond acceptors (Lipinski definition) is 5. The molecule has 1 aromatic rings. The molecule has 140 valence electrons. The van der Waals surface area contributed by atoms with Crippen molar-refractivity contribution in [3.8, 4) is 6.07 Å². The van der Waals surface area contributed by atoms with E-state index in [4.69, 9.17) is 4.74 Å². The third kappa shape index (κ3) is 6.60. The van der Waals surface area contributed by atoms with Gasteiger partial charge in [0.1, 0.15) is 11.6 Å². The van der Waals surface area contributed by atoms with E-state index < -0.39 is 11.9 Å². The van der Waals surface area contributed by atoms with Gasteiger partial charge in [-0.1, -0.05) is 32.4 Å². The van der Waals surface area contributed by atoms with Crippen molar-refractivity contribution < 1.29 is 14.3 Å².